The molecule has 1 heterocycles. The first-order valence-electron chi connectivity index (χ1n) is 6.19. The summed E-state index contributed by atoms with van der Waals surface area (Å²) in [5, 5.41) is 5.72. The Morgan fingerprint density at radius 1 is 1.25 bits per heavy atom. The lowest BCUT2D eigenvalue weighted by Gasteiger charge is -2.21. The molecule has 1 aliphatic heterocycles. The number of carbonyl (C=O) groups is 1. The van der Waals surface area contributed by atoms with E-state index in [1.54, 1.807) is 25.1 Å². The van der Waals surface area contributed by atoms with Crippen molar-refractivity contribution in [2.24, 2.45) is 0 Å². The van der Waals surface area contributed by atoms with Crippen LogP contribution in [0.25, 0.3) is 0 Å². The zero-order valence-corrected chi connectivity index (χ0v) is 12.2. The fourth-order valence-electron chi connectivity index (χ4n) is 1.81. The number of anilines is 1. The van der Waals surface area contributed by atoms with Gasteiger partial charge in [0.2, 0.25) is 10.0 Å². The lowest BCUT2D eigenvalue weighted by atomic mass is 10.0. The van der Waals surface area contributed by atoms with Gasteiger partial charge < -0.3 is 10.6 Å². The highest BCUT2D eigenvalue weighted by Crippen LogP contribution is 2.21. The fourth-order valence-corrected chi connectivity index (χ4v) is 2.69. The Balaban J connectivity index is 2.29. The number of amides is 1. The normalized spacial score (nSPS) is 14.6. The number of para-hydroxylation sites is 1. The Bertz CT molecular complexity index is 659. The number of sulfonamides is 1. The van der Waals surface area contributed by atoms with Crippen LogP contribution in [0.1, 0.15) is 6.92 Å². The van der Waals surface area contributed by atoms with Gasteiger partial charge in [-0.3, -0.25) is 4.79 Å². The van der Waals surface area contributed by atoms with E-state index in [0.717, 1.165) is 5.57 Å². The minimum Gasteiger partial charge on any atom is -0.321 e. The van der Waals surface area contributed by atoms with E-state index in [0.29, 0.717) is 18.7 Å². The monoisotopic (exact) mass is 295 g/mol. The van der Waals surface area contributed by atoms with E-state index in [1.807, 2.05) is 0 Å². The second-order valence-electron chi connectivity index (χ2n) is 4.49. The van der Waals surface area contributed by atoms with Crippen molar-refractivity contribution in [1.82, 2.24) is 10.0 Å². The van der Waals surface area contributed by atoms with Crippen LogP contribution in [0.15, 0.2) is 40.3 Å². The first-order chi connectivity index (χ1) is 9.45. The van der Waals surface area contributed by atoms with Crippen molar-refractivity contribution in [3.63, 3.8) is 0 Å². The Hall–Kier alpha value is -1.70. The Kier molecular flexibility index (Phi) is 4.22. The average Bonchev–Trinajstić information content (AvgIpc) is 2.37. The summed E-state index contributed by atoms with van der Waals surface area (Å²) in [7, 11) is -2.27. The molecule has 108 valence electrons. The van der Waals surface area contributed by atoms with Gasteiger partial charge in [0.1, 0.15) is 4.90 Å². The predicted octanol–water partition coefficient (Wildman–Crippen LogP) is 0.453. The summed E-state index contributed by atoms with van der Waals surface area (Å²) in [5.41, 5.74) is 1.94. The molecule has 0 unspecified atom stereocenters. The molecule has 0 bridgehead atoms. The van der Waals surface area contributed by atoms with Crippen LogP contribution in [0.4, 0.5) is 5.69 Å². The third-order valence-electron chi connectivity index (χ3n) is 3.24. The van der Waals surface area contributed by atoms with E-state index in [-0.39, 0.29) is 16.5 Å². The molecular formula is C13H17N3O3S. The number of hydrogen-bond donors (Lipinski definition) is 3. The summed E-state index contributed by atoms with van der Waals surface area (Å²) in [5.74, 6) is -0.278. The third-order valence-corrected chi connectivity index (χ3v) is 4.71. The van der Waals surface area contributed by atoms with Crippen molar-refractivity contribution in [3.05, 3.63) is 35.4 Å². The number of carbonyl (C=O) groups excluding carboxylic acids is 1. The second kappa shape index (κ2) is 5.74. The van der Waals surface area contributed by atoms with Gasteiger partial charge in [0.15, 0.2) is 0 Å². The molecule has 0 aromatic heterocycles. The highest BCUT2D eigenvalue weighted by Gasteiger charge is 2.20. The van der Waals surface area contributed by atoms with Gasteiger partial charge >= 0.3 is 0 Å². The van der Waals surface area contributed by atoms with Crippen LogP contribution in [-0.4, -0.2) is 34.5 Å². The standard InChI is InChI=1S/C13H17N3O3S/c1-9(10-7-15-8-10)13(17)16-11-5-3-4-6-12(11)20(18,19)14-2/h3-6,14-15H,7-8H2,1-2H3,(H,16,17). The first-order valence-corrected chi connectivity index (χ1v) is 7.67. The van der Waals surface area contributed by atoms with Crippen LogP contribution in [0, 0.1) is 0 Å². The molecule has 1 amide bonds. The van der Waals surface area contributed by atoms with Gasteiger partial charge in [-0.15, -0.1) is 0 Å². The average molecular weight is 295 g/mol. The highest BCUT2D eigenvalue weighted by atomic mass is 32.2. The van der Waals surface area contributed by atoms with Gasteiger partial charge in [0.05, 0.1) is 5.69 Å². The maximum atomic E-state index is 12.1. The number of hydrogen-bond acceptors (Lipinski definition) is 4. The largest absolute Gasteiger partial charge is 0.321 e. The zero-order valence-electron chi connectivity index (χ0n) is 11.4. The molecule has 7 heteroatoms. The van der Waals surface area contributed by atoms with Crippen molar-refractivity contribution in [1.29, 1.82) is 0 Å². The van der Waals surface area contributed by atoms with Crippen LogP contribution in [0.5, 0.6) is 0 Å². The molecule has 1 saturated heterocycles. The van der Waals surface area contributed by atoms with Crippen molar-refractivity contribution in [3.8, 4) is 0 Å². The summed E-state index contributed by atoms with van der Waals surface area (Å²) in [6.07, 6.45) is 0. The van der Waals surface area contributed by atoms with E-state index >= 15 is 0 Å². The summed E-state index contributed by atoms with van der Waals surface area (Å²) < 4.78 is 26.0. The molecule has 0 atom stereocenters. The van der Waals surface area contributed by atoms with E-state index in [1.165, 1.54) is 13.1 Å². The topological polar surface area (TPSA) is 87.3 Å². The molecule has 1 aromatic rings. The van der Waals surface area contributed by atoms with E-state index in [2.05, 4.69) is 15.4 Å². The molecule has 1 aromatic carbocycles. The first kappa shape index (κ1) is 14.7. The number of rotatable bonds is 4. The molecule has 20 heavy (non-hydrogen) atoms. The van der Waals surface area contributed by atoms with Crippen molar-refractivity contribution < 1.29 is 13.2 Å². The number of nitrogens with one attached hydrogen (secondary N) is 3. The Labute approximate surface area is 118 Å². The van der Waals surface area contributed by atoms with Gasteiger partial charge in [0.25, 0.3) is 5.91 Å². The quantitative estimate of drug-likeness (QED) is 0.704. The lowest BCUT2D eigenvalue weighted by Crippen LogP contribution is -2.36. The Morgan fingerprint density at radius 3 is 2.45 bits per heavy atom. The smallest absolute Gasteiger partial charge is 0.251 e. The lowest BCUT2D eigenvalue weighted by molar-refractivity contribution is -0.112. The predicted molar refractivity (Wildman–Crippen MR) is 76.9 cm³/mol. The second-order valence-corrected chi connectivity index (χ2v) is 6.34. The van der Waals surface area contributed by atoms with Crippen LogP contribution >= 0.6 is 0 Å². The van der Waals surface area contributed by atoms with Crippen molar-refractivity contribution >= 4 is 21.6 Å². The molecule has 1 fully saturated rings. The van der Waals surface area contributed by atoms with Gasteiger partial charge in [-0.25, -0.2) is 13.1 Å². The van der Waals surface area contributed by atoms with E-state index in [4.69, 9.17) is 0 Å². The van der Waals surface area contributed by atoms with Crippen molar-refractivity contribution in [2.75, 3.05) is 25.5 Å². The van der Waals surface area contributed by atoms with Gasteiger partial charge in [0, 0.05) is 18.7 Å². The summed E-state index contributed by atoms with van der Waals surface area (Å²) >= 11 is 0. The van der Waals surface area contributed by atoms with Crippen LogP contribution in [-0.2, 0) is 14.8 Å². The van der Waals surface area contributed by atoms with E-state index in [9.17, 15) is 13.2 Å². The minimum absolute atomic E-state index is 0.0559. The molecule has 0 saturated carbocycles. The van der Waals surface area contributed by atoms with Crippen LogP contribution in [0.2, 0.25) is 0 Å². The molecular weight excluding hydrogens is 278 g/mol. The van der Waals surface area contributed by atoms with Crippen LogP contribution in [0.3, 0.4) is 0 Å². The number of benzene rings is 1. The van der Waals surface area contributed by atoms with Gasteiger partial charge in [-0.1, -0.05) is 12.1 Å². The molecule has 0 spiro atoms. The molecule has 0 aliphatic carbocycles. The van der Waals surface area contributed by atoms with E-state index < -0.39 is 10.0 Å². The van der Waals surface area contributed by atoms with Gasteiger partial charge in [-0.05, 0) is 31.7 Å². The summed E-state index contributed by atoms with van der Waals surface area (Å²) in [6, 6.07) is 6.31. The van der Waals surface area contributed by atoms with Crippen molar-refractivity contribution in [2.45, 2.75) is 11.8 Å². The highest BCUT2D eigenvalue weighted by molar-refractivity contribution is 7.89. The molecule has 1 aliphatic rings. The molecule has 0 radical (unpaired) electrons. The molecule has 3 N–H and O–H groups in total. The molecule has 2 rings (SSSR count). The zero-order chi connectivity index (χ0) is 14.8. The minimum atomic E-state index is -3.61. The maximum absolute atomic E-state index is 12.1. The summed E-state index contributed by atoms with van der Waals surface area (Å²) in [4.78, 5) is 12.2. The molecule has 6 nitrogen and oxygen atoms in total. The fraction of sp³-hybridized carbons (Fsp3) is 0.308. The Morgan fingerprint density at radius 2 is 1.90 bits per heavy atom. The summed E-state index contributed by atoms with van der Waals surface area (Å²) in [6.45, 7) is 3.14. The van der Waals surface area contributed by atoms with Crippen LogP contribution < -0.4 is 15.4 Å². The SMILES string of the molecule is CNS(=O)(=O)c1ccccc1NC(=O)C(C)=C1CNC1. The van der Waals surface area contributed by atoms with Gasteiger partial charge in [-0.2, -0.15) is 0 Å². The maximum Gasteiger partial charge on any atom is 0.251 e. The third kappa shape index (κ3) is 2.90.